The van der Waals surface area contributed by atoms with Crippen molar-refractivity contribution < 1.29 is 23.6 Å². The van der Waals surface area contributed by atoms with Crippen molar-refractivity contribution in [2.75, 3.05) is 32.6 Å². The molecular formula is C17H21N3O5. The summed E-state index contributed by atoms with van der Waals surface area (Å²) in [6.07, 6.45) is 2.06. The number of nitrogens with zero attached hydrogens (tertiary/aromatic N) is 2. The Morgan fingerprint density at radius 2 is 2.04 bits per heavy atom. The van der Waals surface area contributed by atoms with Crippen LogP contribution in [0.4, 0.5) is 5.82 Å². The normalized spacial score (nSPS) is 10.2. The van der Waals surface area contributed by atoms with Crippen LogP contribution in [0.15, 0.2) is 35.1 Å². The first-order valence-electron chi connectivity index (χ1n) is 7.80. The molecule has 1 N–H and O–H groups in total. The number of nitrogens with one attached hydrogen (secondary N) is 1. The monoisotopic (exact) mass is 347 g/mol. The Hall–Kier alpha value is -3.03. The number of amides is 2. The zero-order chi connectivity index (χ0) is 18.2. The molecule has 25 heavy (non-hydrogen) atoms. The maximum Gasteiger partial charge on any atom is 0.258 e. The van der Waals surface area contributed by atoms with Crippen molar-refractivity contribution in [3.8, 4) is 11.5 Å². The summed E-state index contributed by atoms with van der Waals surface area (Å²) in [6, 6.07) is 6.46. The van der Waals surface area contributed by atoms with Crippen molar-refractivity contribution in [1.82, 2.24) is 10.1 Å². The average molecular weight is 347 g/mol. The predicted octanol–water partition coefficient (Wildman–Crippen LogP) is 2.18. The second kappa shape index (κ2) is 8.72. The van der Waals surface area contributed by atoms with Gasteiger partial charge in [0, 0.05) is 18.7 Å². The van der Waals surface area contributed by atoms with E-state index in [2.05, 4.69) is 15.0 Å². The van der Waals surface area contributed by atoms with Gasteiger partial charge in [-0.2, -0.15) is 0 Å². The van der Waals surface area contributed by atoms with Gasteiger partial charge < -0.3 is 24.2 Å². The van der Waals surface area contributed by atoms with Crippen LogP contribution in [-0.2, 0) is 4.79 Å². The van der Waals surface area contributed by atoms with E-state index >= 15 is 0 Å². The van der Waals surface area contributed by atoms with Gasteiger partial charge in [0.05, 0.1) is 19.8 Å². The summed E-state index contributed by atoms with van der Waals surface area (Å²) < 4.78 is 15.1. The third-order valence-corrected chi connectivity index (χ3v) is 3.46. The molecule has 2 rings (SSSR count). The van der Waals surface area contributed by atoms with Crippen molar-refractivity contribution in [3.63, 3.8) is 0 Å². The van der Waals surface area contributed by atoms with E-state index in [9.17, 15) is 9.59 Å². The number of methoxy groups -OCH3 is 2. The summed E-state index contributed by atoms with van der Waals surface area (Å²) >= 11 is 0. The molecule has 0 aliphatic carbocycles. The Morgan fingerprint density at radius 1 is 1.24 bits per heavy atom. The average Bonchev–Trinajstić information content (AvgIpc) is 3.13. The van der Waals surface area contributed by atoms with Crippen LogP contribution in [0.2, 0.25) is 0 Å². The first-order valence-corrected chi connectivity index (χ1v) is 7.80. The lowest BCUT2D eigenvalue weighted by Gasteiger charge is -2.22. The van der Waals surface area contributed by atoms with E-state index in [0.717, 1.165) is 0 Å². The molecule has 134 valence electrons. The van der Waals surface area contributed by atoms with E-state index in [1.807, 2.05) is 6.92 Å². The predicted molar refractivity (Wildman–Crippen MR) is 90.9 cm³/mol. The largest absolute Gasteiger partial charge is 0.497 e. The highest BCUT2D eigenvalue weighted by Gasteiger charge is 2.22. The van der Waals surface area contributed by atoms with Gasteiger partial charge in [-0.15, -0.1) is 0 Å². The minimum Gasteiger partial charge on any atom is -0.497 e. The number of benzene rings is 1. The van der Waals surface area contributed by atoms with Gasteiger partial charge in [-0.3, -0.25) is 9.59 Å². The molecule has 0 saturated carbocycles. The molecule has 8 heteroatoms. The maximum absolute atomic E-state index is 12.8. The molecule has 1 aromatic heterocycles. The van der Waals surface area contributed by atoms with E-state index < -0.39 is 0 Å². The molecule has 8 nitrogen and oxygen atoms in total. The molecule has 0 spiro atoms. The summed E-state index contributed by atoms with van der Waals surface area (Å²) in [5.74, 6) is 0.623. The molecule has 1 aromatic carbocycles. The van der Waals surface area contributed by atoms with Gasteiger partial charge in [-0.1, -0.05) is 12.1 Å². The first-order chi connectivity index (χ1) is 12.1. The number of anilines is 1. The van der Waals surface area contributed by atoms with E-state index in [-0.39, 0.29) is 18.4 Å². The van der Waals surface area contributed by atoms with Gasteiger partial charge in [-0.05, 0) is 18.6 Å². The summed E-state index contributed by atoms with van der Waals surface area (Å²) in [7, 11) is 3.01. The van der Waals surface area contributed by atoms with Crippen LogP contribution < -0.4 is 14.8 Å². The molecule has 0 unspecified atom stereocenters. The van der Waals surface area contributed by atoms with Crippen molar-refractivity contribution >= 4 is 17.6 Å². The van der Waals surface area contributed by atoms with E-state index in [1.165, 1.54) is 31.4 Å². The Balaban J connectivity index is 2.15. The fourth-order valence-corrected chi connectivity index (χ4v) is 2.30. The molecule has 2 amide bonds. The number of hydrogen-bond acceptors (Lipinski definition) is 6. The van der Waals surface area contributed by atoms with Crippen LogP contribution in [0.5, 0.6) is 11.5 Å². The molecule has 0 fully saturated rings. The molecule has 1 heterocycles. The van der Waals surface area contributed by atoms with Gasteiger partial charge in [0.15, 0.2) is 5.82 Å². The lowest BCUT2D eigenvalue weighted by Crippen LogP contribution is -2.38. The Kier molecular flexibility index (Phi) is 6.39. The second-order valence-corrected chi connectivity index (χ2v) is 5.23. The van der Waals surface area contributed by atoms with Crippen molar-refractivity contribution in [2.45, 2.75) is 13.3 Å². The molecule has 0 bridgehead atoms. The van der Waals surface area contributed by atoms with E-state index in [4.69, 9.17) is 9.47 Å². The fraction of sp³-hybridized carbons (Fsp3) is 0.353. The topological polar surface area (TPSA) is 93.9 Å². The number of ether oxygens (including phenoxy) is 2. The quantitative estimate of drug-likeness (QED) is 0.787. The number of aromatic nitrogens is 1. The van der Waals surface area contributed by atoms with E-state index in [1.54, 1.807) is 18.2 Å². The lowest BCUT2D eigenvalue weighted by atomic mass is 10.1. The van der Waals surface area contributed by atoms with Crippen LogP contribution in [-0.4, -0.2) is 49.2 Å². The standard InChI is InChI=1S/C17H21N3O5/c1-4-8-20(11-16(21)18-15-7-9-25-19-15)17(22)13-6-5-12(23-2)10-14(13)24-3/h5-7,9-10H,4,8,11H2,1-3H3,(H,18,19,21). The second-order valence-electron chi connectivity index (χ2n) is 5.23. The lowest BCUT2D eigenvalue weighted by molar-refractivity contribution is -0.116. The Bertz CT molecular complexity index is 715. The van der Waals surface area contributed by atoms with Crippen LogP contribution in [0.1, 0.15) is 23.7 Å². The van der Waals surface area contributed by atoms with Gasteiger partial charge in [0.1, 0.15) is 24.3 Å². The van der Waals surface area contributed by atoms with Crippen LogP contribution in [0.3, 0.4) is 0 Å². The number of hydrogen-bond donors (Lipinski definition) is 1. The van der Waals surface area contributed by atoms with Crippen LogP contribution in [0, 0.1) is 0 Å². The number of rotatable bonds is 8. The summed E-state index contributed by atoms with van der Waals surface area (Å²) in [5, 5.41) is 6.19. The van der Waals surface area contributed by atoms with E-state index in [0.29, 0.717) is 35.8 Å². The smallest absolute Gasteiger partial charge is 0.258 e. The zero-order valence-corrected chi connectivity index (χ0v) is 14.4. The molecular weight excluding hydrogens is 326 g/mol. The highest BCUT2D eigenvalue weighted by atomic mass is 16.5. The van der Waals surface area contributed by atoms with Crippen LogP contribution in [0.25, 0.3) is 0 Å². The van der Waals surface area contributed by atoms with Crippen LogP contribution >= 0.6 is 0 Å². The van der Waals surface area contributed by atoms with Gasteiger partial charge in [0.2, 0.25) is 5.91 Å². The highest BCUT2D eigenvalue weighted by Crippen LogP contribution is 2.25. The molecule has 0 aliphatic heterocycles. The molecule has 0 radical (unpaired) electrons. The molecule has 0 saturated heterocycles. The summed E-state index contributed by atoms with van der Waals surface area (Å²) in [5.41, 5.74) is 0.367. The van der Waals surface area contributed by atoms with Crippen molar-refractivity contribution in [3.05, 3.63) is 36.1 Å². The van der Waals surface area contributed by atoms with Gasteiger partial charge in [-0.25, -0.2) is 0 Å². The highest BCUT2D eigenvalue weighted by molar-refractivity contribution is 6.00. The zero-order valence-electron chi connectivity index (χ0n) is 14.4. The van der Waals surface area contributed by atoms with Crippen molar-refractivity contribution in [2.24, 2.45) is 0 Å². The fourth-order valence-electron chi connectivity index (χ4n) is 2.30. The summed E-state index contributed by atoms with van der Waals surface area (Å²) in [4.78, 5) is 26.4. The number of carbonyl (C=O) groups is 2. The maximum atomic E-state index is 12.8. The minimum absolute atomic E-state index is 0.102. The molecule has 0 atom stereocenters. The third kappa shape index (κ3) is 4.72. The Labute approximate surface area is 145 Å². The minimum atomic E-state index is -0.358. The third-order valence-electron chi connectivity index (χ3n) is 3.46. The summed E-state index contributed by atoms with van der Waals surface area (Å²) in [6.45, 7) is 2.26. The molecule has 2 aromatic rings. The van der Waals surface area contributed by atoms with Gasteiger partial charge >= 0.3 is 0 Å². The SMILES string of the molecule is CCCN(CC(=O)Nc1ccon1)C(=O)c1ccc(OC)cc1OC. The Morgan fingerprint density at radius 3 is 2.64 bits per heavy atom. The van der Waals surface area contributed by atoms with Gasteiger partial charge in [0.25, 0.3) is 5.91 Å². The van der Waals surface area contributed by atoms with Crippen molar-refractivity contribution in [1.29, 1.82) is 0 Å². The first kappa shape index (κ1) is 18.3. The number of carbonyl (C=O) groups excluding carboxylic acids is 2. The molecule has 0 aliphatic rings.